The van der Waals surface area contributed by atoms with E-state index in [1.807, 2.05) is 52.2 Å². The summed E-state index contributed by atoms with van der Waals surface area (Å²) in [5, 5.41) is 14.3. The van der Waals surface area contributed by atoms with Gasteiger partial charge in [-0.15, -0.1) is 0 Å². The number of rotatable bonds is 5. The van der Waals surface area contributed by atoms with E-state index in [1.165, 1.54) is 11.9 Å². The molecule has 1 N–H and O–H groups in total. The lowest BCUT2D eigenvalue weighted by Gasteiger charge is -2.31. The first-order valence-electron chi connectivity index (χ1n) is 9.47. The maximum Gasteiger partial charge on any atom is 0.272 e. The second-order valence-corrected chi connectivity index (χ2v) is 8.25. The normalized spacial score (nSPS) is 15.6. The van der Waals surface area contributed by atoms with Crippen molar-refractivity contribution in [2.75, 3.05) is 17.5 Å². The van der Waals surface area contributed by atoms with Crippen molar-refractivity contribution in [2.45, 2.75) is 19.5 Å². The van der Waals surface area contributed by atoms with Crippen molar-refractivity contribution >= 4 is 35.1 Å². The molecule has 1 amide bonds. The number of nitriles is 1. The molecule has 0 saturated carbocycles. The lowest BCUT2D eigenvalue weighted by Crippen LogP contribution is -2.41. The van der Waals surface area contributed by atoms with Gasteiger partial charge in [0.15, 0.2) is 0 Å². The predicted octanol–water partition coefficient (Wildman–Crippen LogP) is 4.98. The molecule has 152 valence electrons. The van der Waals surface area contributed by atoms with Crippen molar-refractivity contribution in [2.24, 2.45) is 0 Å². The van der Waals surface area contributed by atoms with Crippen molar-refractivity contribution in [3.8, 4) is 17.3 Å². The van der Waals surface area contributed by atoms with Gasteiger partial charge in [0.2, 0.25) is 0 Å². The summed E-state index contributed by atoms with van der Waals surface area (Å²) in [5.41, 5.74) is 4.67. The average Bonchev–Trinajstić information content (AvgIpc) is 3.19. The number of halogens is 1. The van der Waals surface area contributed by atoms with Gasteiger partial charge in [0, 0.05) is 29.9 Å². The van der Waals surface area contributed by atoms with Crippen molar-refractivity contribution < 1.29 is 4.79 Å². The van der Waals surface area contributed by atoms with Crippen LogP contribution in [0.5, 0.6) is 0 Å². The molecule has 2 aromatic carbocycles. The summed E-state index contributed by atoms with van der Waals surface area (Å²) in [4.78, 5) is 15.0. The van der Waals surface area contributed by atoms with Crippen LogP contribution >= 0.6 is 23.5 Å². The quantitative estimate of drug-likeness (QED) is 0.569. The zero-order valence-electron chi connectivity index (χ0n) is 16.6. The zero-order chi connectivity index (χ0) is 21.3. The molecule has 1 aliphatic heterocycles. The van der Waals surface area contributed by atoms with Crippen LogP contribution in [0.4, 0.5) is 5.69 Å². The molecule has 0 bridgehead atoms. The lowest BCUT2D eigenvalue weighted by atomic mass is 10.1. The fourth-order valence-electron chi connectivity index (χ4n) is 3.64. The second kappa shape index (κ2) is 8.42. The van der Waals surface area contributed by atoms with Crippen LogP contribution in [0.15, 0.2) is 48.5 Å². The lowest BCUT2D eigenvalue weighted by molar-refractivity contribution is 0.0651. The highest BCUT2D eigenvalue weighted by atomic mass is 35.5. The molecule has 30 heavy (non-hydrogen) atoms. The molecule has 1 atom stereocenters. The molecule has 4 rings (SSSR count). The minimum absolute atomic E-state index is 0.0501. The fourth-order valence-corrected chi connectivity index (χ4v) is 4.20. The second-order valence-electron chi connectivity index (χ2n) is 7.20. The van der Waals surface area contributed by atoms with Crippen LogP contribution in [0, 0.1) is 11.3 Å². The van der Waals surface area contributed by atoms with Crippen molar-refractivity contribution in [1.29, 1.82) is 5.26 Å². The molecule has 8 heteroatoms. The maximum atomic E-state index is 13.2. The first-order chi connectivity index (χ1) is 14.5. The molecule has 6 nitrogen and oxygen atoms in total. The molecular weight excluding hydrogens is 418 g/mol. The van der Waals surface area contributed by atoms with Gasteiger partial charge in [-0.1, -0.05) is 35.7 Å². The Kier molecular flexibility index (Phi) is 5.71. The first kappa shape index (κ1) is 20.3. The Balaban J connectivity index is 1.64. The topological polar surface area (TPSA) is 74.0 Å². The number of aromatic nitrogens is 2. The summed E-state index contributed by atoms with van der Waals surface area (Å²) >= 11 is 7.62. The minimum atomic E-state index is -0.0513. The Labute approximate surface area is 184 Å². The van der Waals surface area contributed by atoms with Crippen molar-refractivity contribution in [3.63, 3.8) is 0 Å². The number of nitrogens with zero attached hydrogens (tertiary/aromatic N) is 4. The van der Waals surface area contributed by atoms with Crippen LogP contribution in [0.2, 0.25) is 5.02 Å². The molecule has 0 saturated heterocycles. The Morgan fingerprint density at radius 3 is 2.73 bits per heavy atom. The number of hydrogen-bond donors (Lipinski definition) is 1. The number of hydrogen-bond acceptors (Lipinski definition) is 5. The van der Waals surface area contributed by atoms with Crippen LogP contribution in [-0.2, 0) is 6.54 Å². The molecule has 1 aromatic heterocycles. The van der Waals surface area contributed by atoms with Crippen LogP contribution in [-0.4, -0.2) is 33.4 Å². The number of anilines is 1. The van der Waals surface area contributed by atoms with Gasteiger partial charge in [-0.3, -0.25) is 9.48 Å². The van der Waals surface area contributed by atoms with Gasteiger partial charge in [-0.05, 0) is 48.9 Å². The average molecular weight is 438 g/mol. The zero-order valence-corrected chi connectivity index (χ0v) is 18.2. The Morgan fingerprint density at radius 1 is 1.27 bits per heavy atom. The number of amides is 1. The van der Waals surface area contributed by atoms with Gasteiger partial charge in [-0.25, -0.2) is 0 Å². The van der Waals surface area contributed by atoms with E-state index in [0.29, 0.717) is 29.4 Å². The number of carbonyl (C=O) groups is 1. The third kappa shape index (κ3) is 3.89. The highest BCUT2D eigenvalue weighted by molar-refractivity contribution is 7.99. The standard InChI is InChI=1S/C22H20ClN5OS/c1-14-12-27(13-16-5-3-15(11-24)4-6-16)22(29)21-10-19(25-28(14)21)18-8-7-17(23)9-20(18)26-30-2/h3-10,14,26H,12-13H2,1-2H3/t14-/m0/s1. The predicted molar refractivity (Wildman–Crippen MR) is 120 cm³/mol. The van der Waals surface area contributed by atoms with Gasteiger partial charge >= 0.3 is 0 Å². The SMILES string of the molecule is CSNc1cc(Cl)ccc1-c1cc2n(n1)[C@@H](C)CN(Cc1ccc(C#N)cc1)C2=O. The number of fused-ring (bicyclic) bond motifs is 1. The van der Waals surface area contributed by atoms with Crippen LogP contribution in [0.1, 0.15) is 34.6 Å². The van der Waals surface area contributed by atoms with Crippen LogP contribution in [0.25, 0.3) is 11.3 Å². The maximum absolute atomic E-state index is 13.2. The van der Waals surface area contributed by atoms with Crippen molar-refractivity contribution in [3.05, 3.63) is 70.4 Å². The van der Waals surface area contributed by atoms with E-state index in [2.05, 4.69) is 17.7 Å². The third-order valence-corrected chi connectivity index (χ3v) is 5.73. The Hall–Kier alpha value is -2.95. The third-order valence-electron chi connectivity index (χ3n) is 5.07. The van der Waals surface area contributed by atoms with Gasteiger partial charge < -0.3 is 9.62 Å². The largest absolute Gasteiger partial charge is 0.331 e. The highest BCUT2D eigenvalue weighted by Crippen LogP contribution is 2.34. The van der Waals surface area contributed by atoms with Crippen LogP contribution < -0.4 is 4.72 Å². The summed E-state index contributed by atoms with van der Waals surface area (Å²) < 4.78 is 5.04. The number of nitrogens with one attached hydrogen (secondary N) is 1. The van der Waals surface area contributed by atoms with E-state index in [0.717, 1.165) is 22.5 Å². The van der Waals surface area contributed by atoms with E-state index in [9.17, 15) is 4.79 Å². The summed E-state index contributed by atoms with van der Waals surface area (Å²) in [7, 11) is 0. The monoisotopic (exact) mass is 437 g/mol. The summed E-state index contributed by atoms with van der Waals surface area (Å²) in [6, 6.07) is 16.9. The van der Waals surface area contributed by atoms with E-state index >= 15 is 0 Å². The fraction of sp³-hybridized carbons (Fsp3) is 0.227. The molecule has 2 heterocycles. The molecular formula is C22H20ClN5OS. The minimum Gasteiger partial charge on any atom is -0.331 e. The molecule has 3 aromatic rings. The van der Waals surface area contributed by atoms with Gasteiger partial charge in [0.05, 0.1) is 29.1 Å². The first-order valence-corrected chi connectivity index (χ1v) is 11.1. The Morgan fingerprint density at radius 2 is 2.03 bits per heavy atom. The molecule has 1 aliphatic rings. The smallest absolute Gasteiger partial charge is 0.272 e. The Bertz CT molecular complexity index is 1140. The van der Waals surface area contributed by atoms with Gasteiger partial charge in [-0.2, -0.15) is 10.4 Å². The van der Waals surface area contributed by atoms with Gasteiger partial charge in [0.1, 0.15) is 5.69 Å². The molecule has 0 spiro atoms. The van der Waals surface area contributed by atoms with Gasteiger partial charge in [0.25, 0.3) is 5.91 Å². The molecule has 0 radical (unpaired) electrons. The highest BCUT2D eigenvalue weighted by Gasteiger charge is 2.31. The molecule has 0 unspecified atom stereocenters. The summed E-state index contributed by atoms with van der Waals surface area (Å²) in [6.45, 7) is 3.13. The van der Waals surface area contributed by atoms with E-state index in [4.69, 9.17) is 22.0 Å². The molecule has 0 aliphatic carbocycles. The summed E-state index contributed by atoms with van der Waals surface area (Å²) in [5.74, 6) is -0.0513. The molecule has 0 fully saturated rings. The number of benzene rings is 2. The van der Waals surface area contributed by atoms with Crippen molar-refractivity contribution in [1.82, 2.24) is 14.7 Å². The summed E-state index contributed by atoms with van der Waals surface area (Å²) in [6.07, 6.45) is 1.94. The van der Waals surface area contributed by atoms with E-state index in [1.54, 1.807) is 12.1 Å². The van der Waals surface area contributed by atoms with E-state index in [-0.39, 0.29) is 11.9 Å². The van der Waals surface area contributed by atoms with E-state index < -0.39 is 0 Å². The number of carbonyl (C=O) groups excluding carboxylic acids is 1. The van der Waals surface area contributed by atoms with Crippen LogP contribution in [0.3, 0.4) is 0 Å².